The number of methoxy groups -OCH3 is 1. The molecule has 4 aromatic carbocycles. The first-order chi connectivity index (χ1) is 18.7. The highest BCUT2D eigenvalue weighted by molar-refractivity contribution is 7.90. The van der Waals surface area contributed by atoms with Gasteiger partial charge < -0.3 is 9.64 Å². The second kappa shape index (κ2) is 10.3. The third-order valence-corrected chi connectivity index (χ3v) is 9.17. The summed E-state index contributed by atoms with van der Waals surface area (Å²) in [5.41, 5.74) is 4.66. The van der Waals surface area contributed by atoms with E-state index in [1.165, 1.54) is 5.56 Å². The second-order valence-corrected chi connectivity index (χ2v) is 12.1. The number of sulfonamides is 1. The maximum Gasteiger partial charge on any atom is 0.252 e. The fraction of sp³-hybridized carbons (Fsp3) is 0.242. The van der Waals surface area contributed by atoms with Crippen LogP contribution in [-0.2, 0) is 27.5 Å². The lowest BCUT2D eigenvalue weighted by molar-refractivity contribution is 0.385. The van der Waals surface area contributed by atoms with Crippen molar-refractivity contribution in [3.8, 4) is 5.75 Å². The Hall–Kier alpha value is -3.90. The Labute approximate surface area is 231 Å². The average molecular weight is 539 g/mol. The predicted octanol–water partition coefficient (Wildman–Crippen LogP) is 6.65. The third kappa shape index (κ3) is 4.53. The van der Waals surface area contributed by atoms with E-state index in [0.717, 1.165) is 33.7 Å². The quantitative estimate of drug-likeness (QED) is 0.236. The summed E-state index contributed by atoms with van der Waals surface area (Å²) in [6.45, 7) is 6.43. The fourth-order valence-corrected chi connectivity index (χ4v) is 6.28. The zero-order valence-electron chi connectivity index (χ0n) is 22.8. The number of hydrogen-bond acceptors (Lipinski definition) is 4. The summed E-state index contributed by atoms with van der Waals surface area (Å²) >= 11 is 0. The van der Waals surface area contributed by atoms with Crippen molar-refractivity contribution in [1.29, 1.82) is 0 Å². The van der Waals surface area contributed by atoms with E-state index in [1.807, 2.05) is 42.5 Å². The van der Waals surface area contributed by atoms with E-state index in [4.69, 9.17) is 4.74 Å². The molecule has 0 spiro atoms. The van der Waals surface area contributed by atoms with Crippen molar-refractivity contribution in [3.05, 3.63) is 131 Å². The Morgan fingerprint density at radius 2 is 1.49 bits per heavy atom. The van der Waals surface area contributed by atoms with E-state index in [-0.39, 0.29) is 5.75 Å². The first-order valence-corrected chi connectivity index (χ1v) is 14.8. The van der Waals surface area contributed by atoms with Crippen LogP contribution in [0.25, 0.3) is 0 Å². The highest BCUT2D eigenvalue weighted by Gasteiger charge is 2.60. The van der Waals surface area contributed by atoms with Gasteiger partial charge >= 0.3 is 0 Å². The van der Waals surface area contributed by atoms with Crippen LogP contribution in [0.4, 0.5) is 5.69 Å². The smallest absolute Gasteiger partial charge is 0.252 e. The molecule has 0 saturated heterocycles. The zero-order chi connectivity index (χ0) is 27.7. The predicted molar refractivity (Wildman–Crippen MR) is 159 cm³/mol. The molecule has 5 nitrogen and oxygen atoms in total. The van der Waals surface area contributed by atoms with Crippen LogP contribution in [0.2, 0.25) is 0 Å². The van der Waals surface area contributed by atoms with Crippen LogP contribution >= 0.6 is 0 Å². The molecular formula is C33H34N2O3S. The Morgan fingerprint density at radius 3 is 2.08 bits per heavy atom. The molecule has 200 valence electrons. The summed E-state index contributed by atoms with van der Waals surface area (Å²) in [7, 11) is -2.00. The molecule has 0 aliphatic carbocycles. The molecule has 2 atom stereocenters. The molecule has 0 aromatic heterocycles. The fourth-order valence-electron chi connectivity index (χ4n) is 5.82. The maximum atomic E-state index is 12.9. The molecule has 0 saturated carbocycles. The largest absolute Gasteiger partial charge is 0.497 e. The zero-order valence-corrected chi connectivity index (χ0v) is 23.7. The van der Waals surface area contributed by atoms with Gasteiger partial charge in [-0.15, -0.1) is 0 Å². The van der Waals surface area contributed by atoms with E-state index in [9.17, 15) is 8.42 Å². The first-order valence-electron chi connectivity index (χ1n) is 13.2. The molecule has 0 N–H and O–H groups in total. The number of ether oxygens (including phenoxy) is 1. The van der Waals surface area contributed by atoms with Crippen molar-refractivity contribution >= 4 is 21.9 Å². The van der Waals surface area contributed by atoms with E-state index >= 15 is 0 Å². The number of nitrogens with zero attached hydrogens (tertiary/aromatic N) is 2. The molecule has 0 amide bonds. The summed E-state index contributed by atoms with van der Waals surface area (Å²) in [6.07, 6.45) is 1.68. The van der Waals surface area contributed by atoms with Gasteiger partial charge in [-0.05, 0) is 61.2 Å². The Morgan fingerprint density at radius 1 is 0.872 bits per heavy atom. The molecule has 39 heavy (non-hydrogen) atoms. The third-order valence-electron chi connectivity index (χ3n) is 8.01. The SMILES string of the molecule is CCS(=O)(=O)/N=C/[C@]1(c2ccccc2)N(Cc2ccc(C)cc2)c2ccc(OC)cc2[C@@]1(C)c1ccccc1. The summed E-state index contributed by atoms with van der Waals surface area (Å²) in [4.78, 5) is 2.31. The van der Waals surface area contributed by atoms with Gasteiger partial charge in [0.05, 0.1) is 18.3 Å². The normalized spacial score (nSPS) is 20.8. The van der Waals surface area contributed by atoms with Crippen molar-refractivity contribution in [2.24, 2.45) is 4.40 Å². The Bertz CT molecular complexity index is 1590. The summed E-state index contributed by atoms with van der Waals surface area (Å²) in [5, 5.41) is 0. The van der Waals surface area contributed by atoms with E-state index in [1.54, 1.807) is 20.2 Å². The van der Waals surface area contributed by atoms with Crippen molar-refractivity contribution in [1.82, 2.24) is 0 Å². The van der Waals surface area contributed by atoms with Crippen molar-refractivity contribution < 1.29 is 13.2 Å². The maximum absolute atomic E-state index is 12.9. The van der Waals surface area contributed by atoms with Crippen LogP contribution in [0.15, 0.2) is 108 Å². The molecule has 6 heteroatoms. The van der Waals surface area contributed by atoms with E-state index < -0.39 is 21.0 Å². The minimum absolute atomic E-state index is 0.0743. The second-order valence-electron chi connectivity index (χ2n) is 10.2. The minimum atomic E-state index is -3.67. The number of anilines is 1. The van der Waals surface area contributed by atoms with Gasteiger partial charge in [0.25, 0.3) is 10.0 Å². The molecule has 4 aromatic rings. The van der Waals surface area contributed by atoms with E-state index in [2.05, 4.69) is 83.8 Å². The molecule has 0 fully saturated rings. The minimum Gasteiger partial charge on any atom is -0.497 e. The van der Waals surface area contributed by atoms with Gasteiger partial charge in [-0.1, -0.05) is 90.5 Å². The molecule has 0 bridgehead atoms. The lowest BCUT2D eigenvalue weighted by atomic mass is 9.62. The summed E-state index contributed by atoms with van der Waals surface area (Å²) in [5.74, 6) is 0.669. The molecule has 0 unspecified atom stereocenters. The van der Waals surface area contributed by atoms with Gasteiger partial charge in [-0.2, -0.15) is 4.40 Å². The van der Waals surface area contributed by atoms with E-state index in [0.29, 0.717) is 6.54 Å². The molecule has 0 radical (unpaired) electrons. The summed E-state index contributed by atoms with van der Waals surface area (Å²) < 4.78 is 35.9. The van der Waals surface area contributed by atoms with Gasteiger partial charge in [0.2, 0.25) is 0 Å². The summed E-state index contributed by atoms with van der Waals surface area (Å²) in [6, 6.07) is 35.0. The highest BCUT2D eigenvalue weighted by atomic mass is 32.2. The van der Waals surface area contributed by atoms with Crippen LogP contribution in [-0.4, -0.2) is 27.5 Å². The van der Waals surface area contributed by atoms with Gasteiger partial charge in [0.1, 0.15) is 11.3 Å². The lowest BCUT2D eigenvalue weighted by Gasteiger charge is -2.47. The number of benzene rings is 4. The molecule has 1 heterocycles. The molecule has 5 rings (SSSR count). The topological polar surface area (TPSA) is 59.0 Å². The number of fused-ring (bicyclic) bond motifs is 1. The van der Waals surface area contributed by atoms with Crippen LogP contribution < -0.4 is 9.64 Å². The van der Waals surface area contributed by atoms with Crippen LogP contribution in [0.3, 0.4) is 0 Å². The van der Waals surface area contributed by atoms with Gasteiger partial charge in [0, 0.05) is 18.4 Å². The van der Waals surface area contributed by atoms with Gasteiger partial charge in [-0.3, -0.25) is 0 Å². The number of rotatable bonds is 8. The first kappa shape index (κ1) is 26.7. The molecule has 1 aliphatic rings. The molecular weight excluding hydrogens is 504 g/mol. The number of hydrogen-bond donors (Lipinski definition) is 0. The van der Waals surface area contributed by atoms with Crippen LogP contribution in [0.1, 0.15) is 41.7 Å². The standard InChI is InChI=1S/C33H34N2O3S/c1-5-39(36,37)34-24-33(28-14-10-7-11-15-28)32(3,27-12-8-6-9-13-27)30-22-29(38-4)20-21-31(30)35(33)23-26-18-16-25(2)17-19-26/h6-22,24H,5,23H2,1-4H3/b34-24+/t32-,33-/m1/s1. The van der Waals surface area contributed by atoms with Crippen molar-refractivity contribution in [2.45, 2.75) is 38.3 Å². The number of aryl methyl sites for hydroxylation is 1. The Kier molecular flexibility index (Phi) is 7.08. The van der Waals surface area contributed by atoms with Crippen molar-refractivity contribution in [2.75, 3.05) is 17.8 Å². The monoisotopic (exact) mass is 538 g/mol. The lowest BCUT2D eigenvalue weighted by Crippen LogP contribution is -2.56. The highest BCUT2D eigenvalue weighted by Crippen LogP contribution is 2.60. The molecule has 1 aliphatic heterocycles. The van der Waals surface area contributed by atoms with Gasteiger partial charge in [0.15, 0.2) is 0 Å². The average Bonchev–Trinajstić information content (AvgIpc) is 3.19. The van der Waals surface area contributed by atoms with Crippen LogP contribution in [0, 0.1) is 6.92 Å². The van der Waals surface area contributed by atoms with Gasteiger partial charge in [-0.25, -0.2) is 8.42 Å². The van der Waals surface area contributed by atoms with Crippen molar-refractivity contribution in [3.63, 3.8) is 0 Å². The van der Waals surface area contributed by atoms with Crippen LogP contribution in [0.5, 0.6) is 5.75 Å². The Balaban J connectivity index is 1.91.